The van der Waals surface area contributed by atoms with Gasteiger partial charge in [-0.25, -0.2) is 4.98 Å². The second-order valence-electron chi connectivity index (χ2n) is 4.73. The third-order valence-corrected chi connectivity index (χ3v) is 4.14. The lowest BCUT2D eigenvalue weighted by molar-refractivity contribution is 0.729. The fourth-order valence-corrected chi connectivity index (χ4v) is 2.72. The van der Waals surface area contributed by atoms with Gasteiger partial charge >= 0.3 is 0 Å². The first-order chi connectivity index (χ1) is 9.61. The van der Waals surface area contributed by atoms with Crippen LogP contribution in [0.1, 0.15) is 17.1 Å². The van der Waals surface area contributed by atoms with Crippen LogP contribution in [0, 0.1) is 6.92 Å². The molecule has 0 unspecified atom stereocenters. The summed E-state index contributed by atoms with van der Waals surface area (Å²) in [6.45, 7) is 2.74. The molecule has 0 atom stereocenters. The first-order valence-corrected chi connectivity index (χ1v) is 7.20. The first kappa shape index (κ1) is 13.5. The summed E-state index contributed by atoms with van der Waals surface area (Å²) in [5, 5.41) is 4.92. The normalized spacial score (nSPS) is 11.4. The topological polar surface area (TPSA) is 35.6 Å². The lowest BCUT2D eigenvalue weighted by atomic mass is 10.2. The van der Waals surface area contributed by atoms with Crippen LogP contribution in [0.3, 0.4) is 0 Å². The number of benzene rings is 1. The highest BCUT2D eigenvalue weighted by atomic mass is 35.5. The van der Waals surface area contributed by atoms with Gasteiger partial charge in [0, 0.05) is 18.3 Å². The number of hydrogen-bond acceptors (Lipinski definition) is 2. The van der Waals surface area contributed by atoms with Gasteiger partial charge in [0.25, 0.3) is 0 Å². The second-order valence-corrected chi connectivity index (χ2v) is 5.41. The molecule has 0 N–H and O–H groups in total. The van der Waals surface area contributed by atoms with Gasteiger partial charge in [0.2, 0.25) is 0 Å². The molecule has 0 aliphatic heterocycles. The Morgan fingerprint density at radius 2 is 2.10 bits per heavy atom. The molecule has 3 aromatic rings. The number of aryl methyl sites for hydroxylation is 1. The third kappa shape index (κ3) is 2.09. The van der Waals surface area contributed by atoms with Crippen molar-refractivity contribution in [2.24, 2.45) is 7.05 Å². The van der Waals surface area contributed by atoms with Gasteiger partial charge in [-0.15, -0.1) is 11.6 Å². The molecular formula is C14H14Cl2N4. The summed E-state index contributed by atoms with van der Waals surface area (Å²) in [5.41, 5.74) is 4.08. The molecule has 0 aliphatic rings. The van der Waals surface area contributed by atoms with E-state index in [0.717, 1.165) is 28.1 Å². The molecule has 104 valence electrons. The number of halogens is 2. The maximum Gasteiger partial charge on any atom is 0.125 e. The summed E-state index contributed by atoms with van der Waals surface area (Å²) in [6.07, 6.45) is 1.88. The van der Waals surface area contributed by atoms with E-state index in [4.69, 9.17) is 23.2 Å². The molecule has 0 amide bonds. The van der Waals surface area contributed by atoms with Crippen molar-refractivity contribution < 1.29 is 0 Å². The van der Waals surface area contributed by atoms with E-state index in [-0.39, 0.29) is 0 Å². The maximum absolute atomic E-state index is 6.20. The molecular weight excluding hydrogens is 295 g/mol. The highest BCUT2D eigenvalue weighted by Gasteiger charge is 2.14. The summed E-state index contributed by atoms with van der Waals surface area (Å²) in [5.74, 6) is 1.17. The molecule has 6 heteroatoms. The van der Waals surface area contributed by atoms with Gasteiger partial charge in [0.05, 0.1) is 29.2 Å². The predicted molar refractivity (Wildman–Crippen MR) is 81.3 cm³/mol. The van der Waals surface area contributed by atoms with Crippen molar-refractivity contribution in [3.63, 3.8) is 0 Å². The quantitative estimate of drug-likeness (QED) is 0.694. The van der Waals surface area contributed by atoms with Crippen LogP contribution >= 0.6 is 23.2 Å². The first-order valence-electron chi connectivity index (χ1n) is 6.29. The van der Waals surface area contributed by atoms with Crippen molar-refractivity contribution in [1.29, 1.82) is 0 Å². The molecule has 0 spiro atoms. The van der Waals surface area contributed by atoms with Gasteiger partial charge in [0.1, 0.15) is 11.3 Å². The highest BCUT2D eigenvalue weighted by Crippen LogP contribution is 2.25. The average Bonchev–Trinajstić information content (AvgIpc) is 2.96. The smallest absolute Gasteiger partial charge is 0.125 e. The van der Waals surface area contributed by atoms with E-state index in [1.807, 2.05) is 36.1 Å². The molecule has 0 saturated carbocycles. The van der Waals surface area contributed by atoms with Gasteiger partial charge in [-0.1, -0.05) is 17.7 Å². The number of alkyl halides is 1. The molecule has 0 radical (unpaired) electrons. The van der Waals surface area contributed by atoms with E-state index in [1.54, 1.807) is 0 Å². The fraction of sp³-hybridized carbons (Fsp3) is 0.286. The highest BCUT2D eigenvalue weighted by molar-refractivity contribution is 6.35. The molecule has 3 rings (SSSR count). The predicted octanol–water partition coefficient (Wildman–Crippen LogP) is 3.52. The number of imidazole rings is 1. The Bertz CT molecular complexity index is 773. The van der Waals surface area contributed by atoms with Gasteiger partial charge in [-0.2, -0.15) is 5.10 Å². The van der Waals surface area contributed by atoms with Crippen molar-refractivity contribution in [3.8, 4) is 0 Å². The molecule has 20 heavy (non-hydrogen) atoms. The summed E-state index contributed by atoms with van der Waals surface area (Å²) in [7, 11) is 1.93. The van der Waals surface area contributed by atoms with E-state index < -0.39 is 0 Å². The average molecular weight is 309 g/mol. The minimum Gasteiger partial charge on any atom is -0.322 e. The number of nitrogens with zero attached hydrogens (tertiary/aromatic N) is 4. The van der Waals surface area contributed by atoms with Crippen molar-refractivity contribution in [1.82, 2.24) is 19.3 Å². The number of para-hydroxylation sites is 1. The zero-order valence-corrected chi connectivity index (χ0v) is 12.8. The molecule has 2 heterocycles. The van der Waals surface area contributed by atoms with E-state index in [9.17, 15) is 0 Å². The Morgan fingerprint density at radius 1 is 1.30 bits per heavy atom. The van der Waals surface area contributed by atoms with Crippen molar-refractivity contribution in [3.05, 3.63) is 46.5 Å². The molecule has 1 aromatic carbocycles. The number of aromatic nitrogens is 4. The van der Waals surface area contributed by atoms with Crippen LogP contribution in [0.4, 0.5) is 0 Å². The fourth-order valence-electron chi connectivity index (χ4n) is 2.31. The Hall–Kier alpha value is -1.52. The van der Waals surface area contributed by atoms with Crippen molar-refractivity contribution >= 4 is 34.2 Å². The minimum atomic E-state index is 0.352. The largest absolute Gasteiger partial charge is 0.322 e. The summed E-state index contributed by atoms with van der Waals surface area (Å²) in [4.78, 5) is 4.54. The Balaban J connectivity index is 2.15. The Kier molecular flexibility index (Phi) is 3.44. The van der Waals surface area contributed by atoms with Crippen LogP contribution in [0.25, 0.3) is 11.0 Å². The Labute approximate surface area is 126 Å². The van der Waals surface area contributed by atoms with Crippen LogP contribution in [0.15, 0.2) is 24.4 Å². The number of fused-ring (bicyclic) bond motifs is 1. The molecule has 0 bridgehead atoms. The van der Waals surface area contributed by atoms with E-state index in [2.05, 4.69) is 21.6 Å². The number of hydrogen-bond donors (Lipinski definition) is 0. The van der Waals surface area contributed by atoms with Gasteiger partial charge in [-0.3, -0.25) is 4.68 Å². The third-order valence-electron chi connectivity index (χ3n) is 3.59. The lowest BCUT2D eigenvalue weighted by Gasteiger charge is -2.07. The standard InChI is InChI=1S/C14H14Cl2N4/c1-9-10(7-17-19(9)2)8-20-12-5-3-4-11(16)14(12)18-13(20)6-15/h3-5,7H,6,8H2,1-2H3. The van der Waals surface area contributed by atoms with Crippen LogP contribution < -0.4 is 0 Å². The molecule has 0 aliphatic carbocycles. The van der Waals surface area contributed by atoms with Gasteiger partial charge < -0.3 is 4.57 Å². The van der Waals surface area contributed by atoms with E-state index >= 15 is 0 Å². The second kappa shape index (κ2) is 5.11. The van der Waals surface area contributed by atoms with Crippen LogP contribution in [0.2, 0.25) is 5.02 Å². The zero-order chi connectivity index (χ0) is 14.3. The summed E-state index contributed by atoms with van der Waals surface area (Å²) in [6, 6.07) is 5.78. The zero-order valence-electron chi connectivity index (χ0n) is 11.3. The van der Waals surface area contributed by atoms with Gasteiger partial charge in [-0.05, 0) is 19.1 Å². The molecule has 0 saturated heterocycles. The summed E-state index contributed by atoms with van der Waals surface area (Å²) >= 11 is 12.2. The van der Waals surface area contributed by atoms with Gasteiger partial charge in [0.15, 0.2) is 0 Å². The van der Waals surface area contributed by atoms with Crippen LogP contribution in [-0.2, 0) is 19.5 Å². The Morgan fingerprint density at radius 3 is 2.75 bits per heavy atom. The summed E-state index contributed by atoms with van der Waals surface area (Å²) < 4.78 is 3.96. The monoisotopic (exact) mass is 308 g/mol. The van der Waals surface area contributed by atoms with Crippen LogP contribution in [-0.4, -0.2) is 19.3 Å². The van der Waals surface area contributed by atoms with Crippen molar-refractivity contribution in [2.75, 3.05) is 0 Å². The SMILES string of the molecule is Cc1c(Cn2c(CCl)nc3c(Cl)cccc32)cnn1C. The van der Waals surface area contributed by atoms with Crippen molar-refractivity contribution in [2.45, 2.75) is 19.3 Å². The lowest BCUT2D eigenvalue weighted by Crippen LogP contribution is -2.05. The van der Waals surface area contributed by atoms with E-state index in [1.165, 1.54) is 0 Å². The maximum atomic E-state index is 6.20. The molecule has 2 aromatic heterocycles. The number of rotatable bonds is 3. The minimum absolute atomic E-state index is 0.352. The van der Waals surface area contributed by atoms with Crippen LogP contribution in [0.5, 0.6) is 0 Å². The van der Waals surface area contributed by atoms with E-state index in [0.29, 0.717) is 17.4 Å². The molecule has 4 nitrogen and oxygen atoms in total. The molecule has 0 fully saturated rings.